The van der Waals surface area contributed by atoms with E-state index in [0.717, 1.165) is 0 Å². The molecular formula is C9H8O4. The average Bonchev–Trinajstić information content (AvgIpc) is 2.08. The zero-order valence-electron chi connectivity index (χ0n) is 7.02. The highest BCUT2D eigenvalue weighted by molar-refractivity contribution is 5.70. The van der Waals surface area contributed by atoms with Crippen LogP contribution < -0.4 is 9.47 Å². The van der Waals surface area contributed by atoms with Crippen molar-refractivity contribution < 1.29 is 19.1 Å². The molecule has 4 nitrogen and oxygen atoms in total. The number of esters is 1. The summed E-state index contributed by atoms with van der Waals surface area (Å²) in [6.45, 7) is 1.56. The van der Waals surface area contributed by atoms with E-state index in [4.69, 9.17) is 4.74 Å². The minimum atomic E-state index is -0.457. The number of carbonyl (C=O) groups is 2. The van der Waals surface area contributed by atoms with Gasteiger partial charge in [0.05, 0.1) is 0 Å². The van der Waals surface area contributed by atoms with Gasteiger partial charge >= 0.3 is 5.97 Å². The summed E-state index contributed by atoms with van der Waals surface area (Å²) in [6, 6.07) is 6.43. The fraction of sp³-hybridized carbons (Fsp3) is 0.111. The van der Waals surface area contributed by atoms with Gasteiger partial charge in [-0.05, 0) is 12.1 Å². The molecule has 0 aliphatic rings. The molecule has 0 heterocycles. The molecule has 0 unspecified atom stereocenters. The van der Waals surface area contributed by atoms with E-state index in [2.05, 4.69) is 4.74 Å². The van der Waals surface area contributed by atoms with Crippen molar-refractivity contribution in [2.75, 3.05) is 0 Å². The third-order valence-electron chi connectivity index (χ3n) is 1.28. The van der Waals surface area contributed by atoms with Crippen LogP contribution in [0.5, 0.6) is 11.5 Å². The van der Waals surface area contributed by atoms with E-state index in [0.29, 0.717) is 0 Å². The SMILES string of the molecule is CC(=O)Oc1ccccc1OC=O. The molecule has 0 fully saturated rings. The summed E-state index contributed by atoms with van der Waals surface area (Å²) < 4.78 is 9.36. The van der Waals surface area contributed by atoms with Crippen LogP contribution in [0.1, 0.15) is 6.92 Å². The molecule has 0 saturated carbocycles. The molecule has 0 aliphatic carbocycles. The quantitative estimate of drug-likeness (QED) is 0.397. The van der Waals surface area contributed by atoms with Crippen LogP contribution in [0.2, 0.25) is 0 Å². The lowest BCUT2D eigenvalue weighted by Crippen LogP contribution is -2.03. The van der Waals surface area contributed by atoms with E-state index in [1.807, 2.05) is 0 Å². The largest absolute Gasteiger partial charge is 0.425 e. The number of rotatable bonds is 3. The van der Waals surface area contributed by atoms with Gasteiger partial charge in [0.25, 0.3) is 6.47 Å². The van der Waals surface area contributed by atoms with Crippen molar-refractivity contribution in [3.05, 3.63) is 24.3 Å². The molecule has 0 aromatic heterocycles. The lowest BCUT2D eigenvalue weighted by atomic mass is 10.3. The first-order valence-corrected chi connectivity index (χ1v) is 3.62. The Bertz CT molecular complexity index is 319. The standard InChI is InChI=1S/C9H8O4/c1-7(11)13-9-5-3-2-4-8(9)12-6-10/h2-6H,1H3. The summed E-state index contributed by atoms with van der Waals surface area (Å²) in [5, 5.41) is 0. The molecule has 0 radical (unpaired) electrons. The molecule has 0 aliphatic heterocycles. The van der Waals surface area contributed by atoms with Crippen molar-refractivity contribution in [3.63, 3.8) is 0 Å². The van der Waals surface area contributed by atoms with Gasteiger partial charge in [0.1, 0.15) is 0 Å². The Kier molecular flexibility index (Phi) is 3.03. The molecule has 0 atom stereocenters. The second-order valence-electron chi connectivity index (χ2n) is 2.25. The molecule has 0 spiro atoms. The Labute approximate surface area is 75.1 Å². The van der Waals surface area contributed by atoms with E-state index in [1.54, 1.807) is 18.2 Å². The Morgan fingerprint density at radius 2 is 1.92 bits per heavy atom. The molecule has 0 amide bonds. The second-order valence-corrected chi connectivity index (χ2v) is 2.25. The summed E-state index contributed by atoms with van der Waals surface area (Å²) in [7, 11) is 0. The minimum absolute atomic E-state index is 0.229. The lowest BCUT2D eigenvalue weighted by Gasteiger charge is -2.04. The molecule has 0 saturated heterocycles. The Morgan fingerprint density at radius 3 is 2.46 bits per heavy atom. The summed E-state index contributed by atoms with van der Waals surface area (Å²) in [5.41, 5.74) is 0. The Morgan fingerprint density at radius 1 is 1.31 bits per heavy atom. The number of hydrogen-bond acceptors (Lipinski definition) is 4. The van der Waals surface area contributed by atoms with Crippen molar-refractivity contribution in [1.82, 2.24) is 0 Å². The first-order chi connectivity index (χ1) is 6.24. The van der Waals surface area contributed by atoms with E-state index in [1.165, 1.54) is 13.0 Å². The molecule has 1 rings (SSSR count). The van der Waals surface area contributed by atoms with Crippen LogP contribution >= 0.6 is 0 Å². The van der Waals surface area contributed by atoms with Crippen LogP contribution in [0.25, 0.3) is 0 Å². The molecular weight excluding hydrogens is 172 g/mol. The third kappa shape index (κ3) is 2.59. The number of para-hydroxylation sites is 2. The first kappa shape index (κ1) is 9.25. The maximum absolute atomic E-state index is 10.6. The zero-order valence-corrected chi connectivity index (χ0v) is 7.02. The monoisotopic (exact) mass is 180 g/mol. The van der Waals surface area contributed by atoms with Gasteiger partial charge in [0.2, 0.25) is 0 Å². The molecule has 1 aromatic rings. The topological polar surface area (TPSA) is 52.6 Å². The molecule has 1 aromatic carbocycles. The lowest BCUT2D eigenvalue weighted by molar-refractivity contribution is -0.132. The molecule has 0 N–H and O–H groups in total. The van der Waals surface area contributed by atoms with Crippen LogP contribution in [0.15, 0.2) is 24.3 Å². The van der Waals surface area contributed by atoms with Gasteiger partial charge in [-0.1, -0.05) is 12.1 Å². The number of carbonyl (C=O) groups excluding carboxylic acids is 2. The highest BCUT2D eigenvalue weighted by atomic mass is 16.6. The Hall–Kier alpha value is -1.84. The van der Waals surface area contributed by atoms with Crippen molar-refractivity contribution in [2.24, 2.45) is 0 Å². The molecule has 13 heavy (non-hydrogen) atoms. The molecule has 68 valence electrons. The predicted octanol–water partition coefficient (Wildman–Crippen LogP) is 1.15. The average molecular weight is 180 g/mol. The summed E-state index contributed by atoms with van der Waals surface area (Å²) >= 11 is 0. The zero-order chi connectivity index (χ0) is 9.68. The van der Waals surface area contributed by atoms with Crippen molar-refractivity contribution in [1.29, 1.82) is 0 Å². The van der Waals surface area contributed by atoms with Gasteiger partial charge in [-0.3, -0.25) is 9.59 Å². The van der Waals surface area contributed by atoms with E-state index < -0.39 is 5.97 Å². The highest BCUT2D eigenvalue weighted by Gasteiger charge is 2.05. The fourth-order valence-corrected chi connectivity index (χ4v) is 0.839. The number of hydrogen-bond donors (Lipinski definition) is 0. The van der Waals surface area contributed by atoms with Crippen LogP contribution in [0.3, 0.4) is 0 Å². The van der Waals surface area contributed by atoms with Crippen LogP contribution in [0.4, 0.5) is 0 Å². The van der Waals surface area contributed by atoms with Crippen LogP contribution in [0, 0.1) is 0 Å². The minimum Gasteiger partial charge on any atom is -0.425 e. The summed E-state index contributed by atoms with van der Waals surface area (Å²) in [6.07, 6.45) is 0. The number of ether oxygens (including phenoxy) is 2. The predicted molar refractivity (Wildman–Crippen MR) is 44.4 cm³/mol. The number of benzene rings is 1. The van der Waals surface area contributed by atoms with E-state index in [9.17, 15) is 9.59 Å². The smallest absolute Gasteiger partial charge is 0.308 e. The maximum atomic E-state index is 10.6. The van der Waals surface area contributed by atoms with Crippen molar-refractivity contribution in [2.45, 2.75) is 6.92 Å². The normalized spacial score (nSPS) is 9.00. The van der Waals surface area contributed by atoms with E-state index in [-0.39, 0.29) is 18.0 Å². The van der Waals surface area contributed by atoms with Crippen molar-refractivity contribution >= 4 is 12.4 Å². The summed E-state index contributed by atoms with van der Waals surface area (Å²) in [5.74, 6) is 0.0109. The van der Waals surface area contributed by atoms with Gasteiger partial charge < -0.3 is 9.47 Å². The third-order valence-corrected chi connectivity index (χ3v) is 1.28. The van der Waals surface area contributed by atoms with Crippen LogP contribution in [-0.4, -0.2) is 12.4 Å². The second kappa shape index (κ2) is 4.25. The van der Waals surface area contributed by atoms with Gasteiger partial charge in [-0.15, -0.1) is 0 Å². The van der Waals surface area contributed by atoms with Crippen molar-refractivity contribution in [3.8, 4) is 11.5 Å². The summed E-state index contributed by atoms with van der Waals surface area (Å²) in [4.78, 5) is 20.7. The highest BCUT2D eigenvalue weighted by Crippen LogP contribution is 2.25. The molecule has 4 heteroatoms. The van der Waals surface area contributed by atoms with E-state index >= 15 is 0 Å². The molecule has 0 bridgehead atoms. The Balaban J connectivity index is 2.90. The van der Waals surface area contributed by atoms with Gasteiger partial charge in [-0.2, -0.15) is 0 Å². The van der Waals surface area contributed by atoms with Crippen LogP contribution in [-0.2, 0) is 9.59 Å². The maximum Gasteiger partial charge on any atom is 0.308 e. The van der Waals surface area contributed by atoms with Gasteiger partial charge in [0.15, 0.2) is 11.5 Å². The van der Waals surface area contributed by atoms with Gasteiger partial charge in [0, 0.05) is 6.92 Å². The van der Waals surface area contributed by atoms with Gasteiger partial charge in [-0.25, -0.2) is 0 Å². The first-order valence-electron chi connectivity index (χ1n) is 3.62. The fourth-order valence-electron chi connectivity index (χ4n) is 0.839.